The molecular formula is C10H11ClO2S2. The average Bonchev–Trinajstić information content (AvgIpc) is 2.20. The van der Waals surface area contributed by atoms with Gasteiger partial charge in [-0.1, -0.05) is 11.6 Å². The number of rotatable bonds is 3. The molecule has 0 aliphatic rings. The van der Waals surface area contributed by atoms with Crippen LogP contribution in [0.2, 0.25) is 5.02 Å². The third-order valence-corrected chi connectivity index (χ3v) is 3.17. The SMILES string of the molecule is CC(C)(Oc1ccc(Cl)cc1)C(=O)SS. The van der Waals surface area contributed by atoms with Crippen LogP contribution in [0.15, 0.2) is 24.3 Å². The second-order valence-corrected chi connectivity index (χ2v) is 4.98. The van der Waals surface area contributed by atoms with Crippen LogP contribution in [0, 0.1) is 0 Å². The van der Waals surface area contributed by atoms with Crippen LogP contribution in [0.25, 0.3) is 0 Å². The second-order valence-electron chi connectivity index (χ2n) is 3.45. The number of carbonyl (C=O) groups excluding carboxylic acids is 1. The Morgan fingerprint density at radius 1 is 1.40 bits per heavy atom. The molecule has 1 rings (SSSR count). The van der Waals surface area contributed by atoms with E-state index in [4.69, 9.17) is 16.3 Å². The Hall–Kier alpha value is -0.320. The molecule has 0 spiro atoms. The summed E-state index contributed by atoms with van der Waals surface area (Å²) in [5, 5.41) is 0.496. The van der Waals surface area contributed by atoms with Crippen LogP contribution in [-0.2, 0) is 4.79 Å². The van der Waals surface area contributed by atoms with Crippen molar-refractivity contribution < 1.29 is 9.53 Å². The van der Waals surface area contributed by atoms with Crippen molar-refractivity contribution >= 4 is 39.2 Å². The van der Waals surface area contributed by atoms with Crippen molar-refractivity contribution in [3.63, 3.8) is 0 Å². The molecule has 0 amide bonds. The van der Waals surface area contributed by atoms with Gasteiger partial charge in [-0.25, -0.2) is 0 Å². The van der Waals surface area contributed by atoms with Gasteiger partial charge in [-0.3, -0.25) is 4.79 Å². The van der Waals surface area contributed by atoms with Gasteiger partial charge >= 0.3 is 0 Å². The van der Waals surface area contributed by atoms with Gasteiger partial charge in [-0.05, 0) is 48.9 Å². The van der Waals surface area contributed by atoms with Crippen LogP contribution < -0.4 is 4.74 Å². The second kappa shape index (κ2) is 5.14. The number of hydrogen-bond donors (Lipinski definition) is 1. The number of thiol groups is 1. The fourth-order valence-electron chi connectivity index (χ4n) is 0.949. The van der Waals surface area contributed by atoms with Crippen LogP contribution in [0.1, 0.15) is 13.8 Å². The van der Waals surface area contributed by atoms with Crippen molar-refractivity contribution in [3.8, 4) is 5.75 Å². The molecule has 5 heteroatoms. The summed E-state index contributed by atoms with van der Waals surface area (Å²) < 4.78 is 5.53. The third-order valence-electron chi connectivity index (χ3n) is 1.76. The summed E-state index contributed by atoms with van der Waals surface area (Å²) in [4.78, 5) is 11.4. The van der Waals surface area contributed by atoms with Gasteiger partial charge < -0.3 is 4.74 Å². The van der Waals surface area contributed by atoms with E-state index >= 15 is 0 Å². The molecule has 15 heavy (non-hydrogen) atoms. The first kappa shape index (κ1) is 12.7. The predicted octanol–water partition coefficient (Wildman–Crippen LogP) is 3.60. The van der Waals surface area contributed by atoms with E-state index in [9.17, 15) is 4.79 Å². The lowest BCUT2D eigenvalue weighted by molar-refractivity contribution is -0.122. The molecule has 0 fully saturated rings. The summed E-state index contributed by atoms with van der Waals surface area (Å²) >= 11 is 9.59. The van der Waals surface area contributed by atoms with Gasteiger partial charge in [0.2, 0.25) is 5.12 Å². The van der Waals surface area contributed by atoms with E-state index in [0.29, 0.717) is 10.8 Å². The molecule has 0 bridgehead atoms. The molecular weight excluding hydrogens is 252 g/mol. The lowest BCUT2D eigenvalue weighted by Crippen LogP contribution is -2.35. The number of halogens is 1. The van der Waals surface area contributed by atoms with Crippen molar-refractivity contribution in [3.05, 3.63) is 29.3 Å². The van der Waals surface area contributed by atoms with Crippen LogP contribution in [0.4, 0.5) is 0 Å². The summed E-state index contributed by atoms with van der Waals surface area (Å²) in [6.45, 7) is 3.40. The van der Waals surface area contributed by atoms with E-state index in [1.807, 2.05) is 0 Å². The molecule has 0 aliphatic heterocycles. The number of ether oxygens (including phenoxy) is 1. The minimum atomic E-state index is -0.889. The zero-order valence-electron chi connectivity index (χ0n) is 8.36. The molecule has 0 saturated heterocycles. The molecule has 82 valence electrons. The molecule has 0 radical (unpaired) electrons. The maximum absolute atomic E-state index is 11.4. The van der Waals surface area contributed by atoms with Crippen molar-refractivity contribution in [2.45, 2.75) is 19.4 Å². The highest BCUT2D eigenvalue weighted by Gasteiger charge is 2.29. The first-order valence-corrected chi connectivity index (χ1v) is 6.51. The number of carbonyl (C=O) groups is 1. The van der Waals surface area contributed by atoms with Crippen LogP contribution in [-0.4, -0.2) is 10.7 Å². The maximum atomic E-state index is 11.4. The van der Waals surface area contributed by atoms with Gasteiger partial charge in [0.15, 0.2) is 5.60 Å². The van der Waals surface area contributed by atoms with E-state index in [1.165, 1.54) is 0 Å². The Bertz CT molecular complexity index is 349. The van der Waals surface area contributed by atoms with E-state index in [-0.39, 0.29) is 5.12 Å². The van der Waals surface area contributed by atoms with E-state index in [1.54, 1.807) is 38.1 Å². The zero-order valence-corrected chi connectivity index (χ0v) is 10.8. The van der Waals surface area contributed by atoms with Crippen molar-refractivity contribution in [1.82, 2.24) is 0 Å². The lowest BCUT2D eigenvalue weighted by atomic mass is 10.1. The number of hydrogen-bond acceptors (Lipinski definition) is 4. The maximum Gasteiger partial charge on any atom is 0.242 e. The Labute approximate surface area is 103 Å². The Balaban J connectivity index is 2.77. The molecule has 2 nitrogen and oxygen atoms in total. The normalized spacial score (nSPS) is 11.2. The van der Waals surface area contributed by atoms with E-state index < -0.39 is 5.60 Å². The predicted molar refractivity (Wildman–Crippen MR) is 67.7 cm³/mol. The molecule has 0 aliphatic carbocycles. The van der Waals surface area contributed by atoms with E-state index in [0.717, 1.165) is 10.8 Å². The largest absolute Gasteiger partial charge is 0.479 e. The average molecular weight is 263 g/mol. The minimum Gasteiger partial charge on any atom is -0.479 e. The fourth-order valence-corrected chi connectivity index (χ4v) is 2.00. The molecule has 0 saturated carbocycles. The third kappa shape index (κ3) is 3.63. The summed E-state index contributed by atoms with van der Waals surface area (Å²) in [5.41, 5.74) is -0.889. The quantitative estimate of drug-likeness (QED) is 0.666. The molecule has 0 N–H and O–H groups in total. The van der Waals surface area contributed by atoms with E-state index in [2.05, 4.69) is 11.7 Å². The van der Waals surface area contributed by atoms with Crippen molar-refractivity contribution in [2.75, 3.05) is 0 Å². The smallest absolute Gasteiger partial charge is 0.242 e. The molecule has 0 aromatic heterocycles. The fraction of sp³-hybridized carbons (Fsp3) is 0.300. The van der Waals surface area contributed by atoms with Crippen molar-refractivity contribution in [1.29, 1.82) is 0 Å². The summed E-state index contributed by atoms with van der Waals surface area (Å²) in [7, 11) is 0.859. The minimum absolute atomic E-state index is 0.138. The topological polar surface area (TPSA) is 26.3 Å². The Morgan fingerprint density at radius 2 is 1.93 bits per heavy atom. The highest BCUT2D eigenvalue weighted by molar-refractivity contribution is 8.74. The standard InChI is InChI=1S/C10H11ClO2S2/c1-10(2,9(12)15-14)13-8-5-3-7(11)4-6-8/h3-6,14H,1-2H3. The van der Waals surface area contributed by atoms with Gasteiger partial charge in [-0.2, -0.15) is 0 Å². The molecule has 1 aromatic carbocycles. The van der Waals surface area contributed by atoms with Crippen molar-refractivity contribution in [2.24, 2.45) is 0 Å². The van der Waals surface area contributed by atoms with Crippen LogP contribution >= 0.6 is 34.1 Å². The summed E-state index contributed by atoms with van der Waals surface area (Å²) in [6.07, 6.45) is 0. The molecule has 1 aromatic rings. The van der Waals surface area contributed by atoms with Crippen LogP contribution in [0.5, 0.6) is 5.75 Å². The first-order valence-electron chi connectivity index (χ1n) is 4.26. The Morgan fingerprint density at radius 3 is 2.40 bits per heavy atom. The van der Waals surface area contributed by atoms with Gasteiger partial charge in [-0.15, -0.1) is 11.7 Å². The lowest BCUT2D eigenvalue weighted by Gasteiger charge is -2.23. The first-order chi connectivity index (χ1) is 6.95. The molecule has 0 unspecified atom stereocenters. The van der Waals surface area contributed by atoms with Gasteiger partial charge in [0.1, 0.15) is 5.75 Å². The highest BCUT2D eigenvalue weighted by atomic mass is 35.5. The van der Waals surface area contributed by atoms with Gasteiger partial charge in [0.25, 0.3) is 0 Å². The van der Waals surface area contributed by atoms with Gasteiger partial charge in [0.05, 0.1) is 0 Å². The number of benzene rings is 1. The molecule has 0 heterocycles. The monoisotopic (exact) mass is 262 g/mol. The zero-order chi connectivity index (χ0) is 11.5. The highest BCUT2D eigenvalue weighted by Crippen LogP contribution is 2.25. The molecule has 0 atom stereocenters. The Kier molecular flexibility index (Phi) is 4.37. The summed E-state index contributed by atoms with van der Waals surface area (Å²) in [5.74, 6) is 0.611. The summed E-state index contributed by atoms with van der Waals surface area (Å²) in [6, 6.07) is 6.87. The van der Waals surface area contributed by atoms with Crippen LogP contribution in [0.3, 0.4) is 0 Å². The van der Waals surface area contributed by atoms with Gasteiger partial charge in [0, 0.05) is 5.02 Å².